The molecule has 0 saturated carbocycles. The Morgan fingerprint density at radius 1 is 1.19 bits per heavy atom. The van der Waals surface area contributed by atoms with E-state index in [9.17, 15) is 14.9 Å². The van der Waals surface area contributed by atoms with Crippen LogP contribution in [0.5, 0.6) is 0 Å². The van der Waals surface area contributed by atoms with Gasteiger partial charge in [0, 0.05) is 23.2 Å². The molecule has 0 spiro atoms. The summed E-state index contributed by atoms with van der Waals surface area (Å²) in [5, 5.41) is 14.2. The van der Waals surface area contributed by atoms with Crippen LogP contribution in [0.1, 0.15) is 18.2 Å². The Labute approximate surface area is 149 Å². The highest BCUT2D eigenvalue weighted by molar-refractivity contribution is 5.99. The number of hydrogen-bond donors (Lipinski definition) is 1. The van der Waals surface area contributed by atoms with Gasteiger partial charge in [-0.15, -0.1) is 0 Å². The molecule has 7 nitrogen and oxygen atoms in total. The summed E-state index contributed by atoms with van der Waals surface area (Å²) in [5.41, 5.74) is 2.59. The summed E-state index contributed by atoms with van der Waals surface area (Å²) in [4.78, 5) is 27.2. The average Bonchev–Trinajstić information content (AvgIpc) is 2.66. The van der Waals surface area contributed by atoms with Gasteiger partial charge >= 0.3 is 6.09 Å². The first kappa shape index (κ1) is 17.3. The summed E-state index contributed by atoms with van der Waals surface area (Å²) >= 11 is 0. The normalized spacial score (nSPS) is 10.5. The van der Waals surface area contributed by atoms with Crippen LogP contribution in [0, 0.1) is 10.1 Å². The number of fused-ring (bicyclic) bond motifs is 1. The molecule has 0 aliphatic rings. The van der Waals surface area contributed by atoms with E-state index in [0.717, 1.165) is 11.3 Å². The zero-order valence-electron chi connectivity index (χ0n) is 14.1. The van der Waals surface area contributed by atoms with Gasteiger partial charge in [-0.05, 0) is 24.1 Å². The summed E-state index contributed by atoms with van der Waals surface area (Å²) in [6.45, 7) is 2.08. The van der Waals surface area contributed by atoms with Crippen LogP contribution in [0.3, 0.4) is 0 Å². The fourth-order valence-electron chi connectivity index (χ4n) is 2.54. The number of amides is 1. The zero-order valence-corrected chi connectivity index (χ0v) is 14.1. The molecule has 3 rings (SSSR count). The first-order valence-electron chi connectivity index (χ1n) is 8.12. The third-order valence-corrected chi connectivity index (χ3v) is 3.87. The minimum absolute atomic E-state index is 0.0655. The first-order valence-corrected chi connectivity index (χ1v) is 8.12. The molecule has 1 amide bonds. The number of aryl methyl sites for hydroxylation is 1. The number of carbonyl (C=O) groups is 1. The van der Waals surface area contributed by atoms with E-state index in [1.807, 2.05) is 37.3 Å². The van der Waals surface area contributed by atoms with Gasteiger partial charge in [0.05, 0.1) is 16.1 Å². The highest BCUT2D eigenvalue weighted by Gasteiger charge is 2.14. The van der Waals surface area contributed by atoms with E-state index in [4.69, 9.17) is 4.74 Å². The van der Waals surface area contributed by atoms with Crippen molar-refractivity contribution >= 4 is 28.4 Å². The van der Waals surface area contributed by atoms with Crippen molar-refractivity contribution in [2.75, 3.05) is 5.32 Å². The van der Waals surface area contributed by atoms with Gasteiger partial charge in [0.2, 0.25) is 0 Å². The molecular weight excluding hydrogens is 334 g/mol. The second kappa shape index (κ2) is 7.60. The lowest BCUT2D eigenvalue weighted by molar-refractivity contribution is -0.384. The quantitative estimate of drug-likeness (QED) is 0.541. The number of pyridine rings is 1. The van der Waals surface area contributed by atoms with Crippen molar-refractivity contribution in [2.24, 2.45) is 0 Å². The molecule has 0 fully saturated rings. The number of nitro groups is 1. The highest BCUT2D eigenvalue weighted by Crippen LogP contribution is 2.27. The third kappa shape index (κ3) is 3.94. The van der Waals surface area contributed by atoms with Gasteiger partial charge in [0.15, 0.2) is 0 Å². The van der Waals surface area contributed by atoms with Gasteiger partial charge in [0.1, 0.15) is 6.61 Å². The zero-order chi connectivity index (χ0) is 18.5. The van der Waals surface area contributed by atoms with Crippen LogP contribution in [-0.4, -0.2) is 16.0 Å². The molecule has 7 heteroatoms. The Balaban J connectivity index is 1.86. The molecule has 26 heavy (non-hydrogen) atoms. The Morgan fingerprint density at radius 3 is 2.65 bits per heavy atom. The van der Waals surface area contributed by atoms with Gasteiger partial charge in [-0.25, -0.2) is 4.79 Å². The fourth-order valence-corrected chi connectivity index (χ4v) is 2.54. The van der Waals surface area contributed by atoms with Crippen molar-refractivity contribution < 1.29 is 14.5 Å². The van der Waals surface area contributed by atoms with Crippen LogP contribution in [0.15, 0.2) is 54.6 Å². The summed E-state index contributed by atoms with van der Waals surface area (Å²) < 4.78 is 5.23. The third-order valence-electron chi connectivity index (χ3n) is 3.87. The van der Waals surface area contributed by atoms with E-state index >= 15 is 0 Å². The second-order valence-electron chi connectivity index (χ2n) is 5.66. The summed E-state index contributed by atoms with van der Waals surface area (Å²) in [6, 6.07) is 15.4. The monoisotopic (exact) mass is 351 g/mol. The van der Waals surface area contributed by atoms with Crippen molar-refractivity contribution in [1.29, 1.82) is 0 Å². The van der Waals surface area contributed by atoms with E-state index in [2.05, 4.69) is 10.3 Å². The maximum Gasteiger partial charge on any atom is 0.411 e. The Hall–Kier alpha value is -3.48. The maximum absolute atomic E-state index is 12.2. The predicted octanol–water partition coefficient (Wildman–Crippen LogP) is 4.45. The predicted molar refractivity (Wildman–Crippen MR) is 98.0 cm³/mol. The van der Waals surface area contributed by atoms with Gasteiger partial charge in [0.25, 0.3) is 5.69 Å². The van der Waals surface area contributed by atoms with Gasteiger partial charge < -0.3 is 4.74 Å². The molecule has 0 unspecified atom stereocenters. The summed E-state index contributed by atoms with van der Waals surface area (Å²) in [7, 11) is 0. The number of non-ortho nitro benzene ring substituents is 1. The van der Waals surface area contributed by atoms with Gasteiger partial charge in [-0.1, -0.05) is 37.3 Å². The molecule has 1 heterocycles. The number of nitrogens with one attached hydrogen (secondary N) is 1. The van der Waals surface area contributed by atoms with E-state index in [0.29, 0.717) is 23.0 Å². The molecule has 0 bridgehead atoms. The van der Waals surface area contributed by atoms with Crippen molar-refractivity contribution in [1.82, 2.24) is 4.98 Å². The summed E-state index contributed by atoms with van der Waals surface area (Å²) in [5.74, 6) is 0. The lowest BCUT2D eigenvalue weighted by Gasteiger charge is -2.11. The van der Waals surface area contributed by atoms with Crippen LogP contribution < -0.4 is 5.32 Å². The van der Waals surface area contributed by atoms with Gasteiger partial charge in [-0.2, -0.15) is 0 Å². The van der Waals surface area contributed by atoms with Crippen LogP contribution in [0.4, 0.5) is 16.2 Å². The minimum Gasteiger partial charge on any atom is -0.444 e. The lowest BCUT2D eigenvalue weighted by Crippen LogP contribution is -2.14. The van der Waals surface area contributed by atoms with Crippen molar-refractivity contribution in [3.05, 3.63) is 76.0 Å². The number of carbonyl (C=O) groups excluding carboxylic acids is 1. The van der Waals surface area contributed by atoms with Crippen LogP contribution in [0.25, 0.3) is 10.9 Å². The average molecular weight is 351 g/mol. The van der Waals surface area contributed by atoms with E-state index in [1.54, 1.807) is 12.1 Å². The first-order chi connectivity index (χ1) is 12.6. The van der Waals surface area contributed by atoms with Crippen molar-refractivity contribution in [3.8, 4) is 0 Å². The molecule has 0 radical (unpaired) electrons. The van der Waals surface area contributed by atoms with Crippen LogP contribution in [-0.2, 0) is 17.8 Å². The molecule has 0 aliphatic carbocycles. The Kier molecular flexibility index (Phi) is 5.07. The smallest absolute Gasteiger partial charge is 0.411 e. The fraction of sp³-hybridized carbons (Fsp3) is 0.158. The number of ether oxygens (including phenoxy) is 1. The molecule has 1 aromatic heterocycles. The Morgan fingerprint density at radius 2 is 1.96 bits per heavy atom. The molecule has 3 aromatic rings. The van der Waals surface area contributed by atoms with Crippen molar-refractivity contribution in [3.63, 3.8) is 0 Å². The number of anilines is 1. The SMILES string of the molecule is CCc1cc(NC(=O)OCc2ccccc2)c2cc([N+](=O)[O-])ccc2n1. The topological polar surface area (TPSA) is 94.4 Å². The van der Waals surface area contributed by atoms with Crippen LogP contribution >= 0.6 is 0 Å². The number of aromatic nitrogens is 1. The Bertz CT molecular complexity index is 958. The molecule has 0 saturated heterocycles. The standard InChI is InChI=1S/C19H17N3O4/c1-2-14-10-18(16-11-15(22(24)25)8-9-17(16)20-14)21-19(23)26-12-13-6-4-3-5-7-13/h3-11H,2,12H2,1H3,(H,20,21,23). The number of nitro benzene ring substituents is 1. The number of benzene rings is 2. The minimum atomic E-state index is -0.630. The largest absolute Gasteiger partial charge is 0.444 e. The molecule has 132 valence electrons. The highest BCUT2D eigenvalue weighted by atomic mass is 16.6. The number of nitrogens with zero attached hydrogens (tertiary/aromatic N) is 2. The van der Waals surface area contributed by atoms with Crippen molar-refractivity contribution in [2.45, 2.75) is 20.0 Å². The molecule has 2 aromatic carbocycles. The van der Waals surface area contributed by atoms with Gasteiger partial charge in [-0.3, -0.25) is 20.4 Å². The van der Waals surface area contributed by atoms with E-state index in [-0.39, 0.29) is 12.3 Å². The number of rotatable bonds is 5. The molecule has 0 aliphatic heterocycles. The number of hydrogen-bond acceptors (Lipinski definition) is 5. The second-order valence-corrected chi connectivity index (χ2v) is 5.66. The molecular formula is C19H17N3O4. The van der Waals surface area contributed by atoms with E-state index < -0.39 is 11.0 Å². The molecule has 0 atom stereocenters. The lowest BCUT2D eigenvalue weighted by atomic mass is 10.1. The molecule has 1 N–H and O–H groups in total. The maximum atomic E-state index is 12.2. The van der Waals surface area contributed by atoms with E-state index in [1.165, 1.54) is 12.1 Å². The summed E-state index contributed by atoms with van der Waals surface area (Å²) in [6.07, 6.45) is 0.0376. The van der Waals surface area contributed by atoms with Crippen LogP contribution in [0.2, 0.25) is 0 Å².